The van der Waals surface area contributed by atoms with Gasteiger partial charge in [-0.15, -0.1) is 11.3 Å². The predicted octanol–water partition coefficient (Wildman–Crippen LogP) is 3.12. The molecule has 15 heavy (non-hydrogen) atoms. The van der Waals surface area contributed by atoms with Gasteiger partial charge < -0.3 is 10.2 Å². The summed E-state index contributed by atoms with van der Waals surface area (Å²) in [5, 5.41) is 3.23. The molecule has 0 amide bonds. The van der Waals surface area contributed by atoms with Crippen LogP contribution < -0.4 is 5.73 Å². The highest BCUT2D eigenvalue weighted by atomic mass is 35.5. The summed E-state index contributed by atoms with van der Waals surface area (Å²) >= 11 is 7.24. The summed E-state index contributed by atoms with van der Waals surface area (Å²) in [4.78, 5) is 4.45. The van der Waals surface area contributed by atoms with E-state index in [-0.39, 0.29) is 5.92 Å². The van der Waals surface area contributed by atoms with Crippen LogP contribution in [-0.4, -0.2) is 11.5 Å². The van der Waals surface area contributed by atoms with Crippen molar-refractivity contribution in [3.05, 3.63) is 28.4 Å². The molecule has 1 unspecified atom stereocenters. The number of hydrogen-bond donors (Lipinski definition) is 1. The molecule has 2 aromatic heterocycles. The Labute approximate surface area is 96.9 Å². The highest BCUT2D eigenvalue weighted by molar-refractivity contribution is 7.13. The topological polar surface area (TPSA) is 52.0 Å². The molecule has 0 fully saturated rings. The van der Waals surface area contributed by atoms with E-state index in [2.05, 4.69) is 4.98 Å². The maximum absolute atomic E-state index is 5.70. The van der Waals surface area contributed by atoms with Gasteiger partial charge in [-0.05, 0) is 23.7 Å². The molecule has 0 aliphatic heterocycles. The number of hydrogen-bond acceptors (Lipinski definition) is 4. The van der Waals surface area contributed by atoms with E-state index in [4.69, 9.17) is 21.8 Å². The standard InChI is InChI=1S/C10H11ClN2OS/c1-6(4-12)7-5-15-10(13-7)8-2-3-9(11)14-8/h2-3,5-6H,4,12H2,1H3. The van der Waals surface area contributed by atoms with Gasteiger partial charge in [0.1, 0.15) is 0 Å². The highest BCUT2D eigenvalue weighted by Crippen LogP contribution is 2.29. The first-order chi connectivity index (χ1) is 7.20. The maximum Gasteiger partial charge on any atom is 0.194 e. The lowest BCUT2D eigenvalue weighted by atomic mass is 10.1. The summed E-state index contributed by atoms with van der Waals surface area (Å²) in [6.07, 6.45) is 0. The number of halogens is 1. The Hall–Kier alpha value is -0.840. The summed E-state index contributed by atoms with van der Waals surface area (Å²) in [5.41, 5.74) is 6.58. The Balaban J connectivity index is 2.27. The second kappa shape index (κ2) is 4.35. The first-order valence-electron chi connectivity index (χ1n) is 4.62. The third-order valence-electron chi connectivity index (χ3n) is 2.16. The largest absolute Gasteiger partial charge is 0.442 e. The minimum Gasteiger partial charge on any atom is -0.442 e. The Morgan fingerprint density at radius 3 is 3.00 bits per heavy atom. The molecule has 2 aromatic rings. The lowest BCUT2D eigenvalue weighted by Crippen LogP contribution is -2.08. The molecule has 2 N–H and O–H groups in total. The van der Waals surface area contributed by atoms with Crippen molar-refractivity contribution in [2.24, 2.45) is 5.73 Å². The zero-order chi connectivity index (χ0) is 10.8. The second-order valence-corrected chi connectivity index (χ2v) is 4.55. The van der Waals surface area contributed by atoms with Crippen LogP contribution in [0.1, 0.15) is 18.5 Å². The summed E-state index contributed by atoms with van der Waals surface area (Å²) in [6, 6.07) is 3.53. The summed E-state index contributed by atoms with van der Waals surface area (Å²) < 4.78 is 5.28. The molecule has 0 spiro atoms. The molecule has 5 heteroatoms. The van der Waals surface area contributed by atoms with Crippen molar-refractivity contribution >= 4 is 22.9 Å². The Bertz CT molecular complexity index is 452. The number of aromatic nitrogens is 1. The lowest BCUT2D eigenvalue weighted by molar-refractivity contribution is 0.583. The van der Waals surface area contributed by atoms with Crippen LogP contribution in [0.2, 0.25) is 5.22 Å². The fourth-order valence-corrected chi connectivity index (χ4v) is 2.22. The van der Waals surface area contributed by atoms with Crippen LogP contribution in [0, 0.1) is 0 Å². The fraction of sp³-hybridized carbons (Fsp3) is 0.300. The van der Waals surface area contributed by atoms with E-state index in [9.17, 15) is 0 Å². The number of nitrogens with zero attached hydrogens (tertiary/aromatic N) is 1. The molecule has 80 valence electrons. The molecule has 0 saturated carbocycles. The molecule has 3 nitrogen and oxygen atoms in total. The Morgan fingerprint density at radius 2 is 2.40 bits per heavy atom. The van der Waals surface area contributed by atoms with Crippen molar-refractivity contribution in [3.8, 4) is 10.8 Å². The van der Waals surface area contributed by atoms with Crippen LogP contribution in [0.4, 0.5) is 0 Å². The summed E-state index contributed by atoms with van der Waals surface area (Å²) in [7, 11) is 0. The second-order valence-electron chi connectivity index (χ2n) is 3.32. The number of nitrogens with two attached hydrogens (primary N) is 1. The van der Waals surface area contributed by atoms with E-state index < -0.39 is 0 Å². The zero-order valence-electron chi connectivity index (χ0n) is 8.24. The quantitative estimate of drug-likeness (QED) is 0.900. The lowest BCUT2D eigenvalue weighted by Gasteiger charge is -2.01. The van der Waals surface area contributed by atoms with Gasteiger partial charge in [-0.1, -0.05) is 6.92 Å². The van der Waals surface area contributed by atoms with E-state index in [0.29, 0.717) is 17.5 Å². The van der Waals surface area contributed by atoms with Gasteiger partial charge in [0, 0.05) is 17.8 Å². The molecule has 0 saturated heterocycles. The van der Waals surface area contributed by atoms with E-state index in [1.54, 1.807) is 17.4 Å². The average molecular weight is 243 g/mol. The molecular weight excluding hydrogens is 232 g/mol. The number of rotatable bonds is 3. The van der Waals surface area contributed by atoms with E-state index >= 15 is 0 Å². The third-order valence-corrected chi connectivity index (χ3v) is 3.24. The van der Waals surface area contributed by atoms with Crippen molar-refractivity contribution in [1.29, 1.82) is 0 Å². The van der Waals surface area contributed by atoms with Crippen molar-refractivity contribution in [2.45, 2.75) is 12.8 Å². The van der Waals surface area contributed by atoms with Crippen LogP contribution in [-0.2, 0) is 0 Å². The van der Waals surface area contributed by atoms with Gasteiger partial charge in [-0.2, -0.15) is 0 Å². The number of thiazole rings is 1. The monoisotopic (exact) mass is 242 g/mol. The molecule has 0 aliphatic rings. The minimum atomic E-state index is 0.278. The van der Waals surface area contributed by atoms with Crippen LogP contribution in [0.5, 0.6) is 0 Å². The van der Waals surface area contributed by atoms with E-state index in [1.807, 2.05) is 18.4 Å². The van der Waals surface area contributed by atoms with Crippen molar-refractivity contribution in [3.63, 3.8) is 0 Å². The SMILES string of the molecule is CC(CN)c1csc(-c2ccc(Cl)o2)n1. The van der Waals surface area contributed by atoms with Crippen molar-refractivity contribution < 1.29 is 4.42 Å². The van der Waals surface area contributed by atoms with Crippen LogP contribution >= 0.6 is 22.9 Å². The van der Waals surface area contributed by atoms with Crippen molar-refractivity contribution in [2.75, 3.05) is 6.54 Å². The van der Waals surface area contributed by atoms with Gasteiger partial charge in [0.25, 0.3) is 0 Å². The minimum absolute atomic E-state index is 0.278. The Morgan fingerprint density at radius 1 is 1.60 bits per heavy atom. The molecule has 2 rings (SSSR count). The van der Waals surface area contributed by atoms with Gasteiger partial charge >= 0.3 is 0 Å². The normalized spacial score (nSPS) is 13.0. The fourth-order valence-electron chi connectivity index (χ4n) is 1.18. The first kappa shape index (κ1) is 10.7. The van der Waals surface area contributed by atoms with Gasteiger partial charge in [0.2, 0.25) is 0 Å². The van der Waals surface area contributed by atoms with Gasteiger partial charge in [0.15, 0.2) is 16.0 Å². The highest BCUT2D eigenvalue weighted by Gasteiger charge is 2.12. The van der Waals surface area contributed by atoms with Crippen molar-refractivity contribution in [1.82, 2.24) is 4.98 Å². The zero-order valence-corrected chi connectivity index (χ0v) is 9.81. The molecule has 0 aliphatic carbocycles. The first-order valence-corrected chi connectivity index (χ1v) is 5.87. The molecule has 0 radical (unpaired) electrons. The number of furan rings is 1. The Kier molecular flexibility index (Phi) is 3.09. The molecule has 2 heterocycles. The average Bonchev–Trinajstić information content (AvgIpc) is 2.84. The van der Waals surface area contributed by atoms with E-state index in [1.165, 1.54) is 0 Å². The van der Waals surface area contributed by atoms with Gasteiger partial charge in [-0.3, -0.25) is 0 Å². The molecule has 0 aromatic carbocycles. The van der Waals surface area contributed by atoms with E-state index in [0.717, 1.165) is 10.7 Å². The van der Waals surface area contributed by atoms with Crippen LogP contribution in [0.25, 0.3) is 10.8 Å². The molecule has 1 atom stereocenters. The third kappa shape index (κ3) is 2.22. The predicted molar refractivity (Wildman–Crippen MR) is 62.3 cm³/mol. The molecule has 0 bridgehead atoms. The maximum atomic E-state index is 5.70. The smallest absolute Gasteiger partial charge is 0.194 e. The summed E-state index contributed by atoms with van der Waals surface area (Å²) in [6.45, 7) is 2.65. The van der Waals surface area contributed by atoms with Crippen LogP contribution in [0.15, 0.2) is 21.9 Å². The van der Waals surface area contributed by atoms with Gasteiger partial charge in [0.05, 0.1) is 5.69 Å². The summed E-state index contributed by atoms with van der Waals surface area (Å²) in [5.74, 6) is 0.987. The van der Waals surface area contributed by atoms with Gasteiger partial charge in [-0.25, -0.2) is 4.98 Å². The molecular formula is C10H11ClN2OS. The van der Waals surface area contributed by atoms with Crippen LogP contribution in [0.3, 0.4) is 0 Å².